The lowest BCUT2D eigenvalue weighted by atomic mass is 10.1. The van der Waals surface area contributed by atoms with Gasteiger partial charge < -0.3 is 0 Å². The summed E-state index contributed by atoms with van der Waals surface area (Å²) in [6.45, 7) is 4.21. The third kappa shape index (κ3) is 4.25. The van der Waals surface area contributed by atoms with E-state index in [1.165, 1.54) is 16.7 Å². The molecule has 0 heterocycles. The van der Waals surface area contributed by atoms with Crippen molar-refractivity contribution < 1.29 is 4.79 Å². The minimum atomic E-state index is 0.204. The van der Waals surface area contributed by atoms with Crippen LogP contribution in [0.4, 0.5) is 0 Å². The zero-order valence-electron chi connectivity index (χ0n) is 11.3. The summed E-state index contributed by atoms with van der Waals surface area (Å²) in [6.07, 6.45) is 0. The molecule has 0 fully saturated rings. The zero-order valence-corrected chi connectivity index (χ0v) is 12.2. The molecule has 0 aliphatic rings. The lowest BCUT2D eigenvalue weighted by Crippen LogP contribution is -2.02. The van der Waals surface area contributed by atoms with Gasteiger partial charge in [-0.25, -0.2) is 0 Å². The van der Waals surface area contributed by atoms with Gasteiger partial charge in [-0.15, -0.1) is 11.8 Å². The molecule has 0 aromatic heterocycles. The highest BCUT2D eigenvalue weighted by molar-refractivity contribution is 7.99. The maximum atomic E-state index is 11.9. The number of carbonyl (C=O) groups is 1. The number of Topliss-reactive ketones (excluding diaryl/α,β-unsaturated/α-hetero) is 1. The molecular weight excluding hydrogens is 252 g/mol. The van der Waals surface area contributed by atoms with Crippen LogP contribution in [-0.2, 0) is 5.75 Å². The molecule has 0 N–H and O–H groups in total. The summed E-state index contributed by atoms with van der Waals surface area (Å²) >= 11 is 1.68. The molecule has 0 amide bonds. The van der Waals surface area contributed by atoms with Gasteiger partial charge in [0.25, 0.3) is 0 Å². The largest absolute Gasteiger partial charge is 0.293 e. The molecule has 0 spiro atoms. The van der Waals surface area contributed by atoms with E-state index in [2.05, 4.69) is 32.0 Å². The second kappa shape index (κ2) is 6.58. The van der Waals surface area contributed by atoms with Crippen molar-refractivity contribution in [3.63, 3.8) is 0 Å². The molecule has 0 bridgehead atoms. The number of rotatable bonds is 5. The number of carbonyl (C=O) groups excluding carboxylic acids is 1. The standard InChI is InChI=1S/C17H18OS/c1-13-8-14(2)10-15(9-13)11-19-12-17(18)16-6-4-3-5-7-16/h3-10H,11-12H2,1-2H3. The van der Waals surface area contributed by atoms with Gasteiger partial charge in [0.2, 0.25) is 0 Å². The Balaban J connectivity index is 1.88. The highest BCUT2D eigenvalue weighted by Crippen LogP contribution is 2.17. The molecule has 0 atom stereocenters. The van der Waals surface area contributed by atoms with Gasteiger partial charge in [0.15, 0.2) is 5.78 Å². The zero-order chi connectivity index (χ0) is 13.7. The first-order valence-corrected chi connectivity index (χ1v) is 7.54. The lowest BCUT2D eigenvalue weighted by Gasteiger charge is -2.05. The highest BCUT2D eigenvalue weighted by atomic mass is 32.2. The molecule has 2 aromatic rings. The summed E-state index contributed by atoms with van der Waals surface area (Å²) in [4.78, 5) is 11.9. The maximum absolute atomic E-state index is 11.9. The molecule has 0 saturated carbocycles. The molecule has 98 valence electrons. The highest BCUT2D eigenvalue weighted by Gasteiger charge is 2.05. The summed E-state index contributed by atoms with van der Waals surface area (Å²) in [5.74, 6) is 1.63. The van der Waals surface area contributed by atoms with Crippen molar-refractivity contribution in [3.8, 4) is 0 Å². The van der Waals surface area contributed by atoms with Gasteiger partial charge in [-0.1, -0.05) is 59.7 Å². The maximum Gasteiger partial charge on any atom is 0.172 e. The molecule has 0 aliphatic heterocycles. The van der Waals surface area contributed by atoms with Crippen molar-refractivity contribution in [3.05, 3.63) is 70.8 Å². The monoisotopic (exact) mass is 270 g/mol. The van der Waals surface area contributed by atoms with Gasteiger partial charge in [-0.3, -0.25) is 4.79 Å². The third-order valence-electron chi connectivity index (χ3n) is 2.88. The summed E-state index contributed by atoms with van der Waals surface area (Å²) < 4.78 is 0. The molecule has 0 aliphatic carbocycles. The SMILES string of the molecule is Cc1cc(C)cc(CSCC(=O)c2ccccc2)c1. The number of aryl methyl sites for hydroxylation is 2. The van der Waals surface area contributed by atoms with Gasteiger partial charge in [-0.05, 0) is 19.4 Å². The Bertz CT molecular complexity index is 540. The Morgan fingerprint density at radius 2 is 1.63 bits per heavy atom. The molecule has 0 radical (unpaired) electrons. The summed E-state index contributed by atoms with van der Waals surface area (Å²) in [7, 11) is 0. The second-order valence-electron chi connectivity index (χ2n) is 4.78. The van der Waals surface area contributed by atoms with Crippen LogP contribution in [-0.4, -0.2) is 11.5 Å². The average Bonchev–Trinajstić information content (AvgIpc) is 2.38. The molecule has 1 nitrogen and oxygen atoms in total. The predicted molar refractivity (Wildman–Crippen MR) is 82.9 cm³/mol. The molecule has 2 rings (SSSR count). The van der Waals surface area contributed by atoms with Crippen molar-refractivity contribution >= 4 is 17.5 Å². The first-order valence-electron chi connectivity index (χ1n) is 6.38. The van der Waals surface area contributed by atoms with Crippen LogP contribution in [0.5, 0.6) is 0 Å². The van der Waals surface area contributed by atoms with E-state index < -0.39 is 0 Å². The second-order valence-corrected chi connectivity index (χ2v) is 5.76. The van der Waals surface area contributed by atoms with Gasteiger partial charge in [0, 0.05) is 11.3 Å². The Kier molecular flexibility index (Phi) is 4.80. The Hall–Kier alpha value is -1.54. The summed E-state index contributed by atoms with van der Waals surface area (Å²) in [5.41, 5.74) is 4.66. The average molecular weight is 270 g/mol. The molecule has 2 aromatic carbocycles. The smallest absolute Gasteiger partial charge is 0.172 e. The fourth-order valence-electron chi connectivity index (χ4n) is 2.12. The van der Waals surface area contributed by atoms with Crippen LogP contribution in [0.15, 0.2) is 48.5 Å². The van der Waals surface area contributed by atoms with E-state index in [1.807, 2.05) is 30.3 Å². The van der Waals surface area contributed by atoms with Gasteiger partial charge in [0.1, 0.15) is 0 Å². The van der Waals surface area contributed by atoms with E-state index in [4.69, 9.17) is 0 Å². The van der Waals surface area contributed by atoms with E-state index in [1.54, 1.807) is 11.8 Å². The Morgan fingerprint density at radius 1 is 1.00 bits per heavy atom. The first kappa shape index (κ1) is 13.9. The summed E-state index contributed by atoms with van der Waals surface area (Å²) in [5, 5.41) is 0. The van der Waals surface area contributed by atoms with Crippen molar-refractivity contribution in [1.29, 1.82) is 0 Å². The van der Waals surface area contributed by atoms with Crippen molar-refractivity contribution in [2.45, 2.75) is 19.6 Å². The fraction of sp³-hybridized carbons (Fsp3) is 0.235. The van der Waals surface area contributed by atoms with E-state index in [9.17, 15) is 4.79 Å². The van der Waals surface area contributed by atoms with E-state index in [-0.39, 0.29) is 5.78 Å². The Morgan fingerprint density at radius 3 is 2.26 bits per heavy atom. The predicted octanol–water partition coefficient (Wildman–Crippen LogP) is 4.42. The first-order chi connectivity index (χ1) is 9.15. The third-order valence-corrected chi connectivity index (χ3v) is 3.88. The molecule has 19 heavy (non-hydrogen) atoms. The molecule has 2 heteroatoms. The van der Waals surface area contributed by atoms with E-state index in [0.29, 0.717) is 5.75 Å². The topological polar surface area (TPSA) is 17.1 Å². The number of thioether (sulfide) groups is 1. The van der Waals surface area contributed by atoms with Gasteiger partial charge in [0.05, 0.1) is 5.75 Å². The number of ketones is 1. The molecule has 0 unspecified atom stereocenters. The number of hydrogen-bond acceptors (Lipinski definition) is 2. The lowest BCUT2D eigenvalue weighted by molar-refractivity contribution is 0.102. The van der Waals surface area contributed by atoms with Gasteiger partial charge >= 0.3 is 0 Å². The normalized spacial score (nSPS) is 10.4. The Labute approximate surface area is 119 Å². The summed E-state index contributed by atoms with van der Waals surface area (Å²) in [6, 6.07) is 16.0. The number of hydrogen-bond donors (Lipinski definition) is 0. The van der Waals surface area contributed by atoms with Crippen LogP contribution in [0.3, 0.4) is 0 Å². The van der Waals surface area contributed by atoms with E-state index in [0.717, 1.165) is 11.3 Å². The van der Waals surface area contributed by atoms with Crippen LogP contribution in [0.25, 0.3) is 0 Å². The van der Waals surface area contributed by atoms with Crippen molar-refractivity contribution in [2.24, 2.45) is 0 Å². The van der Waals surface area contributed by atoms with Crippen molar-refractivity contribution in [1.82, 2.24) is 0 Å². The van der Waals surface area contributed by atoms with Crippen LogP contribution in [0.1, 0.15) is 27.0 Å². The molecule has 0 saturated heterocycles. The minimum absolute atomic E-state index is 0.204. The fourth-order valence-corrected chi connectivity index (χ4v) is 2.98. The quantitative estimate of drug-likeness (QED) is 0.748. The van der Waals surface area contributed by atoms with Crippen molar-refractivity contribution in [2.75, 3.05) is 5.75 Å². The molecular formula is C17H18OS. The van der Waals surface area contributed by atoms with E-state index >= 15 is 0 Å². The van der Waals surface area contributed by atoms with Crippen LogP contribution >= 0.6 is 11.8 Å². The van der Waals surface area contributed by atoms with Crippen LogP contribution in [0, 0.1) is 13.8 Å². The van der Waals surface area contributed by atoms with Gasteiger partial charge in [-0.2, -0.15) is 0 Å². The van der Waals surface area contributed by atoms with Crippen LogP contribution < -0.4 is 0 Å². The number of benzene rings is 2. The van der Waals surface area contributed by atoms with Crippen LogP contribution in [0.2, 0.25) is 0 Å². The minimum Gasteiger partial charge on any atom is -0.293 e.